The van der Waals surface area contributed by atoms with Gasteiger partial charge in [0, 0.05) is 10.2 Å². The molecule has 0 unspecified atom stereocenters. The maximum atomic E-state index is 11.8. The third-order valence-electron chi connectivity index (χ3n) is 2.82. The number of rotatable bonds is 5. The van der Waals surface area contributed by atoms with Gasteiger partial charge in [0.15, 0.2) is 0 Å². The Morgan fingerprint density at radius 3 is 2.70 bits per heavy atom. The monoisotopic (exact) mass is 333 g/mol. The number of halogens is 1. The maximum Gasteiger partial charge on any atom is 0.250 e. The molecule has 0 saturated carbocycles. The first-order valence-corrected chi connectivity index (χ1v) is 7.12. The smallest absolute Gasteiger partial charge is 0.250 e. The highest BCUT2D eigenvalue weighted by atomic mass is 79.9. The van der Waals surface area contributed by atoms with Crippen LogP contribution < -0.4 is 5.32 Å². The number of hydrogen-bond acceptors (Lipinski definition) is 2. The standard InChI is InChI=1S/C16H16BrNO2/c1-12-7-8-14(17)9-15(12)18-16(19)11-20-10-13-5-3-2-4-6-13/h2-9H,10-11H2,1H3,(H,18,19). The molecule has 0 radical (unpaired) electrons. The van der Waals surface area contributed by atoms with Crippen LogP contribution in [0.2, 0.25) is 0 Å². The van der Waals surface area contributed by atoms with Gasteiger partial charge in [-0.25, -0.2) is 0 Å². The summed E-state index contributed by atoms with van der Waals surface area (Å²) in [5.74, 6) is -0.151. The first-order chi connectivity index (χ1) is 9.65. The molecule has 104 valence electrons. The lowest BCUT2D eigenvalue weighted by atomic mass is 10.2. The van der Waals surface area contributed by atoms with Crippen LogP contribution in [0.3, 0.4) is 0 Å². The number of carbonyl (C=O) groups excluding carboxylic acids is 1. The molecule has 0 spiro atoms. The van der Waals surface area contributed by atoms with Gasteiger partial charge in [0.1, 0.15) is 6.61 Å². The Morgan fingerprint density at radius 1 is 1.20 bits per heavy atom. The van der Waals surface area contributed by atoms with Crippen molar-refractivity contribution in [2.45, 2.75) is 13.5 Å². The van der Waals surface area contributed by atoms with E-state index in [4.69, 9.17) is 4.74 Å². The molecule has 2 aromatic rings. The number of benzene rings is 2. The van der Waals surface area contributed by atoms with Crippen molar-refractivity contribution < 1.29 is 9.53 Å². The quantitative estimate of drug-likeness (QED) is 0.900. The molecule has 2 rings (SSSR count). The van der Waals surface area contributed by atoms with E-state index in [9.17, 15) is 4.79 Å². The second-order valence-corrected chi connectivity index (χ2v) is 5.40. The summed E-state index contributed by atoms with van der Waals surface area (Å²) in [4.78, 5) is 11.8. The molecule has 20 heavy (non-hydrogen) atoms. The minimum atomic E-state index is -0.151. The Labute approximate surface area is 127 Å². The van der Waals surface area contributed by atoms with Crippen LogP contribution in [0.1, 0.15) is 11.1 Å². The van der Waals surface area contributed by atoms with Crippen LogP contribution in [0.15, 0.2) is 53.0 Å². The fourth-order valence-corrected chi connectivity index (χ4v) is 2.11. The van der Waals surface area contributed by atoms with Crippen molar-refractivity contribution in [1.82, 2.24) is 0 Å². The summed E-state index contributed by atoms with van der Waals surface area (Å²) in [7, 11) is 0. The first-order valence-electron chi connectivity index (χ1n) is 6.33. The number of amides is 1. The Balaban J connectivity index is 1.82. The van der Waals surface area contributed by atoms with E-state index in [0.717, 1.165) is 21.3 Å². The normalized spacial score (nSPS) is 10.3. The number of carbonyl (C=O) groups is 1. The molecule has 1 N–H and O–H groups in total. The molecule has 0 saturated heterocycles. The first kappa shape index (κ1) is 14.8. The minimum Gasteiger partial charge on any atom is -0.367 e. The molecule has 0 aliphatic rings. The lowest BCUT2D eigenvalue weighted by Gasteiger charge is -2.09. The van der Waals surface area contributed by atoms with Gasteiger partial charge < -0.3 is 10.1 Å². The van der Waals surface area contributed by atoms with E-state index in [-0.39, 0.29) is 12.5 Å². The molecule has 2 aromatic carbocycles. The summed E-state index contributed by atoms with van der Waals surface area (Å²) >= 11 is 3.39. The largest absolute Gasteiger partial charge is 0.367 e. The van der Waals surface area contributed by atoms with Crippen LogP contribution in [-0.4, -0.2) is 12.5 Å². The van der Waals surface area contributed by atoms with E-state index in [0.29, 0.717) is 6.61 Å². The number of nitrogens with one attached hydrogen (secondary N) is 1. The number of hydrogen-bond donors (Lipinski definition) is 1. The SMILES string of the molecule is Cc1ccc(Br)cc1NC(=O)COCc1ccccc1. The Morgan fingerprint density at radius 2 is 1.95 bits per heavy atom. The van der Waals surface area contributed by atoms with E-state index in [1.54, 1.807) is 0 Å². The summed E-state index contributed by atoms with van der Waals surface area (Å²) < 4.78 is 6.33. The number of aryl methyl sites for hydroxylation is 1. The average molecular weight is 334 g/mol. The Bertz CT molecular complexity index is 584. The zero-order chi connectivity index (χ0) is 14.4. The molecule has 4 heteroatoms. The van der Waals surface area contributed by atoms with Gasteiger partial charge in [0.25, 0.3) is 0 Å². The van der Waals surface area contributed by atoms with Gasteiger partial charge >= 0.3 is 0 Å². The molecule has 0 aromatic heterocycles. The molecule has 3 nitrogen and oxygen atoms in total. The number of ether oxygens (including phenoxy) is 1. The van der Waals surface area contributed by atoms with Gasteiger partial charge in [-0.2, -0.15) is 0 Å². The molecule has 0 bridgehead atoms. The predicted octanol–water partition coefficient (Wildman–Crippen LogP) is 3.91. The zero-order valence-corrected chi connectivity index (χ0v) is 12.8. The van der Waals surface area contributed by atoms with Gasteiger partial charge in [-0.05, 0) is 30.2 Å². The van der Waals surface area contributed by atoms with E-state index < -0.39 is 0 Å². The lowest BCUT2D eigenvalue weighted by Crippen LogP contribution is -2.18. The van der Waals surface area contributed by atoms with Crippen molar-refractivity contribution in [2.75, 3.05) is 11.9 Å². The summed E-state index contributed by atoms with van der Waals surface area (Å²) in [6.07, 6.45) is 0. The molecule has 0 fully saturated rings. The highest BCUT2D eigenvalue weighted by Gasteiger charge is 2.05. The van der Waals surface area contributed by atoms with Gasteiger partial charge in [0.05, 0.1) is 6.61 Å². The van der Waals surface area contributed by atoms with Crippen molar-refractivity contribution in [1.29, 1.82) is 0 Å². The summed E-state index contributed by atoms with van der Waals surface area (Å²) in [5.41, 5.74) is 2.87. The van der Waals surface area contributed by atoms with E-state index in [1.165, 1.54) is 0 Å². The summed E-state index contributed by atoms with van der Waals surface area (Å²) in [6, 6.07) is 15.6. The van der Waals surface area contributed by atoms with Gasteiger partial charge in [-0.3, -0.25) is 4.79 Å². The van der Waals surface area contributed by atoms with Crippen molar-refractivity contribution in [3.8, 4) is 0 Å². The molecule has 0 atom stereocenters. The fraction of sp³-hybridized carbons (Fsp3) is 0.188. The van der Waals surface area contributed by atoms with Gasteiger partial charge in [-0.15, -0.1) is 0 Å². The average Bonchev–Trinajstić information content (AvgIpc) is 2.44. The van der Waals surface area contributed by atoms with Crippen LogP contribution in [0.5, 0.6) is 0 Å². The van der Waals surface area contributed by atoms with Crippen LogP contribution in [-0.2, 0) is 16.1 Å². The van der Waals surface area contributed by atoms with Gasteiger partial charge in [0.2, 0.25) is 5.91 Å². The van der Waals surface area contributed by atoms with Crippen LogP contribution in [0.25, 0.3) is 0 Å². The second kappa shape index (κ2) is 7.22. The third-order valence-corrected chi connectivity index (χ3v) is 3.31. The highest BCUT2D eigenvalue weighted by molar-refractivity contribution is 9.10. The summed E-state index contributed by atoms with van der Waals surface area (Å²) in [6.45, 7) is 2.43. The van der Waals surface area contributed by atoms with Crippen molar-refractivity contribution in [3.05, 3.63) is 64.1 Å². The summed E-state index contributed by atoms with van der Waals surface area (Å²) in [5, 5.41) is 2.84. The Kier molecular flexibility index (Phi) is 5.32. The molecule has 0 aliphatic carbocycles. The van der Waals surface area contributed by atoms with Crippen LogP contribution >= 0.6 is 15.9 Å². The zero-order valence-electron chi connectivity index (χ0n) is 11.2. The molecular formula is C16H16BrNO2. The topological polar surface area (TPSA) is 38.3 Å². The van der Waals surface area contributed by atoms with Gasteiger partial charge in [-0.1, -0.05) is 52.3 Å². The molecule has 0 aliphatic heterocycles. The second-order valence-electron chi connectivity index (χ2n) is 4.49. The highest BCUT2D eigenvalue weighted by Crippen LogP contribution is 2.20. The molecular weight excluding hydrogens is 318 g/mol. The fourth-order valence-electron chi connectivity index (χ4n) is 1.75. The lowest BCUT2D eigenvalue weighted by molar-refractivity contribution is -0.121. The van der Waals surface area contributed by atoms with E-state index in [2.05, 4.69) is 21.2 Å². The van der Waals surface area contributed by atoms with E-state index >= 15 is 0 Å². The van der Waals surface area contributed by atoms with Crippen molar-refractivity contribution >= 4 is 27.5 Å². The maximum absolute atomic E-state index is 11.8. The predicted molar refractivity (Wildman–Crippen MR) is 83.6 cm³/mol. The minimum absolute atomic E-state index is 0.0425. The molecule has 1 amide bonds. The Hall–Kier alpha value is -1.65. The van der Waals surface area contributed by atoms with Crippen molar-refractivity contribution in [2.24, 2.45) is 0 Å². The van der Waals surface area contributed by atoms with Crippen LogP contribution in [0, 0.1) is 6.92 Å². The number of anilines is 1. The van der Waals surface area contributed by atoms with Crippen molar-refractivity contribution in [3.63, 3.8) is 0 Å². The third kappa shape index (κ3) is 4.47. The molecule has 0 heterocycles. The van der Waals surface area contributed by atoms with Crippen LogP contribution in [0.4, 0.5) is 5.69 Å². The van der Waals surface area contributed by atoms with E-state index in [1.807, 2.05) is 55.5 Å².